The van der Waals surface area contributed by atoms with Crippen LogP contribution in [0.3, 0.4) is 0 Å². The summed E-state index contributed by atoms with van der Waals surface area (Å²) in [5, 5.41) is 2.75. The van der Waals surface area contributed by atoms with Crippen molar-refractivity contribution in [1.82, 2.24) is 10.2 Å². The minimum Gasteiger partial charge on any atom is -0.343 e. The number of nitrogens with one attached hydrogen (secondary N) is 1. The van der Waals surface area contributed by atoms with E-state index in [1.54, 1.807) is 4.90 Å². The van der Waals surface area contributed by atoms with E-state index in [4.69, 9.17) is 0 Å². The minimum atomic E-state index is -0.490. The third-order valence-electron chi connectivity index (χ3n) is 3.24. The molecule has 1 heterocycles. The van der Waals surface area contributed by atoms with Crippen molar-refractivity contribution in [2.24, 2.45) is 5.92 Å². The summed E-state index contributed by atoms with van der Waals surface area (Å²) in [7, 11) is 0. The third-order valence-corrected chi connectivity index (χ3v) is 3.24. The van der Waals surface area contributed by atoms with Crippen LogP contribution in [-0.4, -0.2) is 29.3 Å². The molecule has 0 aliphatic carbocycles. The van der Waals surface area contributed by atoms with Crippen LogP contribution in [0.2, 0.25) is 0 Å². The number of benzene rings is 1. The minimum absolute atomic E-state index is 0.0407. The molecule has 1 saturated heterocycles. The summed E-state index contributed by atoms with van der Waals surface area (Å²) in [6, 6.07) is 9.77. The van der Waals surface area contributed by atoms with Crippen molar-refractivity contribution in [3.63, 3.8) is 0 Å². The van der Waals surface area contributed by atoms with Crippen LogP contribution in [0.4, 0.5) is 0 Å². The summed E-state index contributed by atoms with van der Waals surface area (Å²) in [5.74, 6) is -0.605. The summed E-state index contributed by atoms with van der Waals surface area (Å²) >= 11 is 0. The SMILES string of the molecule is CC(C)C1CN(Cc2ccccc2)C(=O)C(=O)N1. The lowest BCUT2D eigenvalue weighted by atomic mass is 10.0. The lowest BCUT2D eigenvalue weighted by molar-refractivity contribution is -0.150. The molecule has 0 radical (unpaired) electrons. The van der Waals surface area contributed by atoms with E-state index in [1.165, 1.54) is 0 Å². The normalized spacial score (nSPS) is 20.2. The van der Waals surface area contributed by atoms with Crippen molar-refractivity contribution in [3.8, 4) is 0 Å². The van der Waals surface area contributed by atoms with Gasteiger partial charge in [-0.05, 0) is 11.5 Å². The molecule has 1 unspecified atom stereocenters. The standard InChI is InChI=1S/C14H18N2O2/c1-10(2)12-9-16(14(18)13(17)15-12)8-11-6-4-3-5-7-11/h3-7,10,12H,8-9H2,1-2H3,(H,15,17). The highest BCUT2D eigenvalue weighted by Crippen LogP contribution is 2.13. The summed E-state index contributed by atoms with van der Waals surface area (Å²) < 4.78 is 0. The number of carbonyl (C=O) groups is 2. The second-order valence-corrected chi connectivity index (χ2v) is 5.00. The highest BCUT2D eigenvalue weighted by molar-refractivity contribution is 6.35. The van der Waals surface area contributed by atoms with E-state index < -0.39 is 11.8 Å². The zero-order valence-corrected chi connectivity index (χ0v) is 10.7. The fourth-order valence-electron chi connectivity index (χ4n) is 2.06. The van der Waals surface area contributed by atoms with Crippen molar-refractivity contribution >= 4 is 11.8 Å². The average molecular weight is 246 g/mol. The highest BCUT2D eigenvalue weighted by Gasteiger charge is 2.33. The monoisotopic (exact) mass is 246 g/mol. The lowest BCUT2D eigenvalue weighted by Crippen LogP contribution is -2.58. The Bertz CT molecular complexity index is 442. The second kappa shape index (κ2) is 5.21. The number of hydrogen-bond acceptors (Lipinski definition) is 2. The average Bonchev–Trinajstić information content (AvgIpc) is 2.35. The molecule has 1 fully saturated rings. The molecule has 1 N–H and O–H groups in total. The van der Waals surface area contributed by atoms with E-state index in [9.17, 15) is 9.59 Å². The summed E-state index contributed by atoms with van der Waals surface area (Å²) in [4.78, 5) is 25.0. The van der Waals surface area contributed by atoms with Crippen molar-refractivity contribution in [1.29, 1.82) is 0 Å². The van der Waals surface area contributed by atoms with Gasteiger partial charge in [0.1, 0.15) is 0 Å². The van der Waals surface area contributed by atoms with Crippen LogP contribution in [0, 0.1) is 5.92 Å². The number of amides is 2. The Morgan fingerprint density at radius 2 is 1.94 bits per heavy atom. The molecular weight excluding hydrogens is 228 g/mol. The number of piperazine rings is 1. The quantitative estimate of drug-likeness (QED) is 0.814. The molecule has 4 heteroatoms. The van der Waals surface area contributed by atoms with Crippen LogP contribution in [0.25, 0.3) is 0 Å². The maximum atomic E-state index is 11.8. The maximum Gasteiger partial charge on any atom is 0.312 e. The van der Waals surface area contributed by atoms with Crippen LogP contribution in [0.5, 0.6) is 0 Å². The Morgan fingerprint density at radius 3 is 2.56 bits per heavy atom. The van der Waals surface area contributed by atoms with Crippen molar-refractivity contribution in [2.45, 2.75) is 26.4 Å². The van der Waals surface area contributed by atoms with Crippen LogP contribution < -0.4 is 5.32 Å². The van der Waals surface area contributed by atoms with Gasteiger partial charge in [-0.25, -0.2) is 0 Å². The zero-order chi connectivity index (χ0) is 13.1. The fourth-order valence-corrected chi connectivity index (χ4v) is 2.06. The zero-order valence-electron chi connectivity index (χ0n) is 10.7. The number of rotatable bonds is 3. The van der Waals surface area contributed by atoms with Gasteiger partial charge in [-0.15, -0.1) is 0 Å². The number of carbonyl (C=O) groups excluding carboxylic acids is 2. The first kappa shape index (κ1) is 12.6. The Hall–Kier alpha value is -1.84. The molecule has 0 bridgehead atoms. The van der Waals surface area contributed by atoms with Crippen LogP contribution in [0.1, 0.15) is 19.4 Å². The molecule has 0 saturated carbocycles. The van der Waals surface area contributed by atoms with E-state index in [0.717, 1.165) is 5.56 Å². The molecule has 1 aliphatic rings. The van der Waals surface area contributed by atoms with E-state index in [0.29, 0.717) is 19.0 Å². The molecule has 1 aromatic carbocycles. The lowest BCUT2D eigenvalue weighted by Gasteiger charge is -2.34. The van der Waals surface area contributed by atoms with Gasteiger partial charge in [0.15, 0.2) is 0 Å². The van der Waals surface area contributed by atoms with Gasteiger partial charge in [0.2, 0.25) is 0 Å². The Balaban J connectivity index is 2.10. The van der Waals surface area contributed by atoms with Gasteiger partial charge in [-0.3, -0.25) is 9.59 Å². The molecule has 1 aromatic rings. The molecule has 18 heavy (non-hydrogen) atoms. The first-order chi connectivity index (χ1) is 8.58. The molecule has 2 rings (SSSR count). The molecule has 4 nitrogen and oxygen atoms in total. The van der Waals surface area contributed by atoms with E-state index in [2.05, 4.69) is 5.32 Å². The third kappa shape index (κ3) is 2.70. The van der Waals surface area contributed by atoms with E-state index >= 15 is 0 Å². The van der Waals surface area contributed by atoms with Crippen molar-refractivity contribution < 1.29 is 9.59 Å². The van der Waals surface area contributed by atoms with Gasteiger partial charge < -0.3 is 10.2 Å². The fraction of sp³-hybridized carbons (Fsp3) is 0.429. The topological polar surface area (TPSA) is 49.4 Å². The highest BCUT2D eigenvalue weighted by atomic mass is 16.2. The van der Waals surface area contributed by atoms with Gasteiger partial charge in [0.25, 0.3) is 0 Å². The molecule has 0 spiro atoms. The van der Waals surface area contributed by atoms with E-state index in [-0.39, 0.29) is 6.04 Å². The Kier molecular flexibility index (Phi) is 3.65. The largest absolute Gasteiger partial charge is 0.343 e. The maximum absolute atomic E-state index is 11.8. The van der Waals surface area contributed by atoms with Crippen molar-refractivity contribution in [3.05, 3.63) is 35.9 Å². The molecule has 96 valence electrons. The molecule has 2 amide bonds. The van der Waals surface area contributed by atoms with Crippen LogP contribution in [0.15, 0.2) is 30.3 Å². The van der Waals surface area contributed by atoms with Gasteiger partial charge >= 0.3 is 11.8 Å². The summed E-state index contributed by atoms with van der Waals surface area (Å²) in [6.45, 7) is 5.16. The summed E-state index contributed by atoms with van der Waals surface area (Å²) in [6.07, 6.45) is 0. The predicted molar refractivity (Wildman–Crippen MR) is 68.6 cm³/mol. The molecular formula is C14H18N2O2. The predicted octanol–water partition coefficient (Wildman–Crippen LogP) is 1.17. The number of nitrogens with zero attached hydrogens (tertiary/aromatic N) is 1. The Morgan fingerprint density at radius 1 is 1.28 bits per heavy atom. The number of hydrogen-bond donors (Lipinski definition) is 1. The van der Waals surface area contributed by atoms with Gasteiger partial charge in [-0.1, -0.05) is 44.2 Å². The smallest absolute Gasteiger partial charge is 0.312 e. The van der Waals surface area contributed by atoms with Gasteiger partial charge in [0.05, 0.1) is 0 Å². The first-order valence-corrected chi connectivity index (χ1v) is 6.21. The van der Waals surface area contributed by atoms with E-state index in [1.807, 2.05) is 44.2 Å². The molecule has 1 atom stereocenters. The first-order valence-electron chi connectivity index (χ1n) is 6.21. The van der Waals surface area contributed by atoms with Crippen LogP contribution >= 0.6 is 0 Å². The molecule has 0 aromatic heterocycles. The molecule has 1 aliphatic heterocycles. The van der Waals surface area contributed by atoms with Crippen LogP contribution in [-0.2, 0) is 16.1 Å². The summed E-state index contributed by atoms with van der Waals surface area (Å²) in [5.41, 5.74) is 1.04. The van der Waals surface area contributed by atoms with Gasteiger partial charge in [-0.2, -0.15) is 0 Å². The van der Waals surface area contributed by atoms with Crippen molar-refractivity contribution in [2.75, 3.05) is 6.54 Å². The second-order valence-electron chi connectivity index (χ2n) is 5.00. The Labute approximate surface area is 107 Å². The van der Waals surface area contributed by atoms with Gasteiger partial charge in [0, 0.05) is 19.1 Å².